The van der Waals surface area contributed by atoms with Gasteiger partial charge in [0, 0.05) is 6.04 Å². The third-order valence-corrected chi connectivity index (χ3v) is 3.88. The largest absolute Gasteiger partial charge is 0.314 e. The van der Waals surface area contributed by atoms with Crippen LogP contribution in [0.1, 0.15) is 39.2 Å². The van der Waals surface area contributed by atoms with Gasteiger partial charge in [-0.2, -0.15) is 0 Å². The van der Waals surface area contributed by atoms with Crippen molar-refractivity contribution in [3.05, 3.63) is 35.6 Å². The molecule has 1 saturated carbocycles. The Bertz CT molecular complexity index is 390. The van der Waals surface area contributed by atoms with Gasteiger partial charge in [0.15, 0.2) is 0 Å². The summed E-state index contributed by atoms with van der Waals surface area (Å²) in [5, 5.41) is 3.58. The summed E-state index contributed by atoms with van der Waals surface area (Å²) >= 11 is 0. The van der Waals surface area contributed by atoms with Gasteiger partial charge < -0.3 is 5.32 Å². The number of hydrogen-bond donors (Lipinski definition) is 1. The lowest BCUT2D eigenvalue weighted by Gasteiger charge is -2.31. The van der Waals surface area contributed by atoms with E-state index in [4.69, 9.17) is 0 Å². The quantitative estimate of drug-likeness (QED) is 0.837. The monoisotopic (exact) mass is 249 g/mol. The topological polar surface area (TPSA) is 12.0 Å². The molecule has 1 nitrogen and oxygen atoms in total. The van der Waals surface area contributed by atoms with Gasteiger partial charge >= 0.3 is 0 Å². The van der Waals surface area contributed by atoms with Crippen molar-refractivity contribution in [1.82, 2.24) is 5.32 Å². The van der Waals surface area contributed by atoms with Crippen molar-refractivity contribution in [3.8, 4) is 0 Å². The summed E-state index contributed by atoms with van der Waals surface area (Å²) in [5.41, 5.74) is 1.04. The van der Waals surface area contributed by atoms with Crippen LogP contribution in [0.25, 0.3) is 0 Å². The second-order valence-electron chi connectivity index (χ2n) is 6.54. The summed E-state index contributed by atoms with van der Waals surface area (Å²) in [6.45, 7) is 7.72. The third-order valence-electron chi connectivity index (χ3n) is 3.88. The fourth-order valence-electron chi connectivity index (χ4n) is 2.21. The lowest BCUT2D eigenvalue weighted by molar-refractivity contribution is 0.228. The van der Waals surface area contributed by atoms with E-state index >= 15 is 0 Å². The first kappa shape index (κ1) is 13.5. The molecule has 18 heavy (non-hydrogen) atoms. The van der Waals surface area contributed by atoms with Crippen LogP contribution in [-0.4, -0.2) is 12.6 Å². The minimum atomic E-state index is -0.0711. The van der Waals surface area contributed by atoms with Gasteiger partial charge in [0.2, 0.25) is 0 Å². The number of rotatable bonds is 5. The zero-order valence-electron chi connectivity index (χ0n) is 11.7. The van der Waals surface area contributed by atoms with Gasteiger partial charge in [0.1, 0.15) is 5.82 Å². The van der Waals surface area contributed by atoms with E-state index in [1.54, 1.807) is 12.1 Å². The molecule has 0 spiro atoms. The molecule has 100 valence electrons. The van der Waals surface area contributed by atoms with Crippen molar-refractivity contribution >= 4 is 0 Å². The molecule has 1 aliphatic rings. The second-order valence-corrected chi connectivity index (χ2v) is 6.54. The average Bonchev–Trinajstić information content (AvgIpc) is 3.08. The maximum absolute atomic E-state index is 13.7. The molecule has 1 aliphatic carbocycles. The van der Waals surface area contributed by atoms with E-state index in [9.17, 15) is 4.39 Å². The minimum absolute atomic E-state index is 0.0711. The van der Waals surface area contributed by atoms with E-state index in [-0.39, 0.29) is 11.2 Å². The van der Waals surface area contributed by atoms with E-state index in [0.29, 0.717) is 5.92 Å². The molecule has 1 fully saturated rings. The Labute approximate surface area is 110 Å². The van der Waals surface area contributed by atoms with Crippen LogP contribution in [0.5, 0.6) is 0 Å². The summed E-state index contributed by atoms with van der Waals surface area (Å²) in [6.07, 6.45) is 3.42. The smallest absolute Gasteiger partial charge is 0.126 e. The highest BCUT2D eigenvalue weighted by molar-refractivity contribution is 5.18. The normalized spacial score (nSPS) is 17.8. The van der Waals surface area contributed by atoms with Crippen LogP contribution in [0.15, 0.2) is 24.3 Å². The highest BCUT2D eigenvalue weighted by Crippen LogP contribution is 2.30. The molecular weight excluding hydrogens is 225 g/mol. The number of nitrogens with one attached hydrogen (secondary N) is 1. The summed E-state index contributed by atoms with van der Waals surface area (Å²) in [5.74, 6) is 0.396. The van der Waals surface area contributed by atoms with Crippen LogP contribution in [0, 0.1) is 17.2 Å². The highest BCUT2D eigenvalue weighted by atomic mass is 19.1. The first-order valence-corrected chi connectivity index (χ1v) is 6.93. The number of benzene rings is 1. The molecule has 1 N–H and O–H groups in total. The summed E-state index contributed by atoms with van der Waals surface area (Å²) in [7, 11) is 0. The molecule has 0 radical (unpaired) electrons. The predicted octanol–water partition coefficient (Wildman–Crippen LogP) is 3.78. The molecule has 0 aromatic heterocycles. The highest BCUT2D eigenvalue weighted by Gasteiger charge is 2.28. The van der Waals surface area contributed by atoms with Crippen LogP contribution in [-0.2, 0) is 6.42 Å². The van der Waals surface area contributed by atoms with E-state index in [1.807, 2.05) is 12.1 Å². The molecule has 2 rings (SSSR count). The van der Waals surface area contributed by atoms with Crippen LogP contribution in [0.3, 0.4) is 0 Å². The van der Waals surface area contributed by atoms with Gasteiger partial charge in [-0.3, -0.25) is 0 Å². The van der Waals surface area contributed by atoms with Crippen LogP contribution >= 0.6 is 0 Å². The van der Waals surface area contributed by atoms with Gasteiger partial charge in [-0.25, -0.2) is 4.39 Å². The lowest BCUT2D eigenvalue weighted by atomic mass is 9.77. The number of halogens is 1. The molecule has 1 aromatic carbocycles. The van der Waals surface area contributed by atoms with Gasteiger partial charge in [-0.05, 0) is 48.8 Å². The van der Waals surface area contributed by atoms with Crippen LogP contribution < -0.4 is 5.32 Å². The van der Waals surface area contributed by atoms with Gasteiger partial charge in [-0.1, -0.05) is 39.0 Å². The molecule has 0 heterocycles. The van der Waals surface area contributed by atoms with Crippen LogP contribution in [0.4, 0.5) is 4.39 Å². The first-order valence-electron chi connectivity index (χ1n) is 6.93. The van der Waals surface area contributed by atoms with E-state index < -0.39 is 0 Å². The molecule has 2 heteroatoms. The fourth-order valence-corrected chi connectivity index (χ4v) is 2.21. The minimum Gasteiger partial charge on any atom is -0.314 e. The molecule has 0 amide bonds. The van der Waals surface area contributed by atoms with Crippen molar-refractivity contribution in [2.45, 2.75) is 46.1 Å². The van der Waals surface area contributed by atoms with Crippen molar-refractivity contribution in [2.24, 2.45) is 11.3 Å². The van der Waals surface area contributed by atoms with Gasteiger partial charge in [0.05, 0.1) is 0 Å². The molecule has 1 aromatic rings. The Balaban J connectivity index is 2.01. The average molecular weight is 249 g/mol. The van der Waals surface area contributed by atoms with Crippen molar-refractivity contribution in [2.75, 3.05) is 6.54 Å². The summed E-state index contributed by atoms with van der Waals surface area (Å²) < 4.78 is 13.7. The fraction of sp³-hybridized carbons (Fsp3) is 0.625. The Kier molecular flexibility index (Phi) is 4.06. The lowest BCUT2D eigenvalue weighted by Crippen LogP contribution is -2.34. The third kappa shape index (κ3) is 3.81. The zero-order chi connectivity index (χ0) is 13.2. The Hall–Kier alpha value is -0.890. The van der Waals surface area contributed by atoms with E-state index in [1.165, 1.54) is 12.8 Å². The first-order chi connectivity index (χ1) is 8.47. The summed E-state index contributed by atoms with van der Waals surface area (Å²) in [4.78, 5) is 0. The molecule has 0 aliphatic heterocycles. The van der Waals surface area contributed by atoms with Crippen molar-refractivity contribution in [1.29, 1.82) is 0 Å². The molecule has 0 saturated heterocycles. The Morgan fingerprint density at radius 2 is 1.94 bits per heavy atom. The molecule has 1 unspecified atom stereocenters. The SMILES string of the molecule is CC(C)(C)C(CNC1CC1)Cc1ccccc1F. The zero-order valence-corrected chi connectivity index (χ0v) is 11.7. The predicted molar refractivity (Wildman–Crippen MR) is 74.1 cm³/mol. The Morgan fingerprint density at radius 3 is 2.50 bits per heavy atom. The van der Waals surface area contributed by atoms with Crippen molar-refractivity contribution < 1.29 is 4.39 Å². The number of hydrogen-bond acceptors (Lipinski definition) is 1. The second kappa shape index (κ2) is 5.40. The summed E-state index contributed by atoms with van der Waals surface area (Å²) in [6, 6.07) is 7.87. The molecule has 0 bridgehead atoms. The van der Waals surface area contributed by atoms with Gasteiger partial charge in [-0.15, -0.1) is 0 Å². The maximum Gasteiger partial charge on any atom is 0.126 e. The Morgan fingerprint density at radius 1 is 1.28 bits per heavy atom. The van der Waals surface area contributed by atoms with E-state index in [0.717, 1.165) is 24.6 Å². The van der Waals surface area contributed by atoms with Gasteiger partial charge in [0.25, 0.3) is 0 Å². The van der Waals surface area contributed by atoms with Crippen molar-refractivity contribution in [3.63, 3.8) is 0 Å². The standard InChI is InChI=1S/C16H24FN/c1-16(2,3)13(11-18-14-8-9-14)10-12-6-4-5-7-15(12)17/h4-7,13-14,18H,8-11H2,1-3H3. The molecular formula is C16H24FN. The van der Waals surface area contributed by atoms with Crippen LogP contribution in [0.2, 0.25) is 0 Å². The molecule has 1 atom stereocenters. The maximum atomic E-state index is 13.7. The van der Waals surface area contributed by atoms with E-state index in [2.05, 4.69) is 26.1 Å².